The second-order valence-electron chi connectivity index (χ2n) is 4.86. The van der Waals surface area contributed by atoms with E-state index >= 15 is 0 Å². The molecule has 0 fully saturated rings. The van der Waals surface area contributed by atoms with Gasteiger partial charge in [-0.3, -0.25) is 9.00 Å². The van der Waals surface area contributed by atoms with Gasteiger partial charge < -0.3 is 10.6 Å². The van der Waals surface area contributed by atoms with Crippen molar-refractivity contribution in [2.75, 3.05) is 29.9 Å². The van der Waals surface area contributed by atoms with Gasteiger partial charge in [0.25, 0.3) is 5.91 Å². The highest BCUT2D eigenvalue weighted by molar-refractivity contribution is 7.84. The summed E-state index contributed by atoms with van der Waals surface area (Å²) in [5.41, 5.74) is 0.967. The monoisotopic (exact) mass is 312 g/mol. The van der Waals surface area contributed by atoms with E-state index in [4.69, 9.17) is 0 Å². The van der Waals surface area contributed by atoms with Crippen LogP contribution in [0.4, 0.5) is 5.69 Å². The predicted octanol–water partition coefficient (Wildman–Crippen LogP) is 1.53. The van der Waals surface area contributed by atoms with Gasteiger partial charge in [-0.2, -0.15) is 0 Å². The van der Waals surface area contributed by atoms with E-state index in [1.807, 2.05) is 27.7 Å². The van der Waals surface area contributed by atoms with Crippen molar-refractivity contribution >= 4 is 22.4 Å². The molecule has 1 amide bonds. The Morgan fingerprint density at radius 1 is 1.38 bits per heavy atom. The van der Waals surface area contributed by atoms with Crippen LogP contribution in [0.5, 0.6) is 0 Å². The van der Waals surface area contributed by atoms with E-state index in [2.05, 4.69) is 20.6 Å². The van der Waals surface area contributed by atoms with E-state index in [-0.39, 0.29) is 11.8 Å². The Morgan fingerprint density at radius 3 is 2.67 bits per heavy atom. The normalized spacial score (nSPS) is 12.2. The van der Waals surface area contributed by atoms with Crippen LogP contribution in [0.1, 0.15) is 49.9 Å². The molecule has 118 valence electrons. The molecule has 21 heavy (non-hydrogen) atoms. The molecular formula is C14H24N4O2S. The number of amides is 1. The zero-order valence-corrected chi connectivity index (χ0v) is 13.9. The van der Waals surface area contributed by atoms with Gasteiger partial charge in [0.2, 0.25) is 0 Å². The molecular weight excluding hydrogens is 288 g/mol. The molecule has 0 aliphatic rings. The molecule has 0 saturated carbocycles. The minimum Gasteiger partial charge on any atom is -0.382 e. The quantitative estimate of drug-likeness (QED) is 0.760. The topological polar surface area (TPSA) is 84.0 Å². The Morgan fingerprint density at radius 2 is 2.10 bits per heavy atom. The van der Waals surface area contributed by atoms with Crippen LogP contribution >= 0.6 is 0 Å². The van der Waals surface area contributed by atoms with Crippen LogP contribution in [0.25, 0.3) is 0 Å². The third kappa shape index (κ3) is 5.41. The van der Waals surface area contributed by atoms with Gasteiger partial charge in [0, 0.05) is 41.3 Å². The van der Waals surface area contributed by atoms with Gasteiger partial charge in [0.15, 0.2) is 5.69 Å². The van der Waals surface area contributed by atoms with E-state index in [0.717, 1.165) is 0 Å². The molecule has 0 radical (unpaired) electrons. The molecule has 0 bridgehead atoms. The molecule has 6 nitrogen and oxygen atoms in total. The molecule has 0 aliphatic carbocycles. The second-order valence-corrected chi connectivity index (χ2v) is 6.73. The van der Waals surface area contributed by atoms with Crippen LogP contribution in [0, 0.1) is 0 Å². The Bertz CT molecular complexity index is 506. The number of aromatic nitrogens is 2. The fourth-order valence-corrected chi connectivity index (χ4v) is 2.29. The van der Waals surface area contributed by atoms with Crippen LogP contribution < -0.4 is 10.6 Å². The van der Waals surface area contributed by atoms with E-state index in [1.165, 1.54) is 0 Å². The SMILES string of the molecule is CCNc1cnc(C(C)C)nc1C(=O)NCCS(=O)CC. The summed E-state index contributed by atoms with van der Waals surface area (Å²) in [6, 6.07) is 0. The first kappa shape index (κ1) is 17.6. The van der Waals surface area contributed by atoms with Crippen molar-refractivity contribution in [2.24, 2.45) is 0 Å². The summed E-state index contributed by atoms with van der Waals surface area (Å²) in [5, 5.41) is 5.85. The van der Waals surface area contributed by atoms with Crippen molar-refractivity contribution in [1.82, 2.24) is 15.3 Å². The summed E-state index contributed by atoms with van der Waals surface area (Å²) in [7, 11) is -0.883. The number of carbonyl (C=O) groups is 1. The first-order chi connectivity index (χ1) is 9.99. The lowest BCUT2D eigenvalue weighted by Gasteiger charge is -2.12. The first-order valence-corrected chi connectivity index (χ1v) is 8.72. The molecule has 1 aromatic heterocycles. The average Bonchev–Trinajstić information content (AvgIpc) is 2.47. The zero-order chi connectivity index (χ0) is 15.8. The molecule has 0 aromatic carbocycles. The van der Waals surface area contributed by atoms with Crippen molar-refractivity contribution in [3.8, 4) is 0 Å². The molecule has 0 spiro atoms. The van der Waals surface area contributed by atoms with Gasteiger partial charge in [-0.05, 0) is 6.92 Å². The lowest BCUT2D eigenvalue weighted by atomic mass is 10.2. The minimum absolute atomic E-state index is 0.153. The number of hydrogen-bond acceptors (Lipinski definition) is 5. The Balaban J connectivity index is 2.84. The third-order valence-corrected chi connectivity index (χ3v) is 4.15. The van der Waals surface area contributed by atoms with Gasteiger partial charge in [0.05, 0.1) is 11.9 Å². The zero-order valence-electron chi connectivity index (χ0n) is 13.1. The maximum atomic E-state index is 12.2. The van der Waals surface area contributed by atoms with Crippen LogP contribution in [-0.2, 0) is 10.8 Å². The molecule has 7 heteroatoms. The highest BCUT2D eigenvalue weighted by Crippen LogP contribution is 2.16. The number of nitrogens with zero attached hydrogens (tertiary/aromatic N) is 2. The molecule has 1 rings (SSSR count). The number of anilines is 1. The summed E-state index contributed by atoms with van der Waals surface area (Å²) in [5.74, 6) is 1.59. The average molecular weight is 312 g/mol. The van der Waals surface area contributed by atoms with E-state index in [1.54, 1.807) is 6.20 Å². The van der Waals surface area contributed by atoms with Gasteiger partial charge in [0.1, 0.15) is 5.82 Å². The summed E-state index contributed by atoms with van der Waals surface area (Å²) in [6.07, 6.45) is 1.64. The van der Waals surface area contributed by atoms with Gasteiger partial charge in [-0.25, -0.2) is 9.97 Å². The fourth-order valence-electron chi connectivity index (χ4n) is 1.67. The maximum absolute atomic E-state index is 12.2. The van der Waals surface area contributed by atoms with Crippen LogP contribution in [-0.4, -0.2) is 44.7 Å². The van der Waals surface area contributed by atoms with E-state index in [0.29, 0.717) is 41.8 Å². The van der Waals surface area contributed by atoms with Crippen molar-refractivity contribution in [2.45, 2.75) is 33.6 Å². The molecule has 2 N–H and O–H groups in total. The highest BCUT2D eigenvalue weighted by Gasteiger charge is 2.16. The standard InChI is InChI=1S/C14H24N4O2S/c1-5-15-11-9-17-13(10(3)4)18-12(11)14(19)16-7-8-21(20)6-2/h9-10,15H,5-8H2,1-4H3,(H,16,19). The lowest BCUT2D eigenvalue weighted by molar-refractivity contribution is 0.0951. The molecule has 1 unspecified atom stereocenters. The second kappa shape index (κ2) is 8.71. The predicted molar refractivity (Wildman–Crippen MR) is 86.2 cm³/mol. The highest BCUT2D eigenvalue weighted by atomic mass is 32.2. The number of nitrogens with one attached hydrogen (secondary N) is 2. The van der Waals surface area contributed by atoms with Crippen LogP contribution in [0.15, 0.2) is 6.20 Å². The van der Waals surface area contributed by atoms with Gasteiger partial charge in [-0.15, -0.1) is 0 Å². The largest absolute Gasteiger partial charge is 0.382 e. The number of carbonyl (C=O) groups excluding carboxylic acids is 1. The van der Waals surface area contributed by atoms with Gasteiger partial charge >= 0.3 is 0 Å². The summed E-state index contributed by atoms with van der Waals surface area (Å²) in [6.45, 7) is 8.84. The minimum atomic E-state index is -0.883. The maximum Gasteiger partial charge on any atom is 0.272 e. The van der Waals surface area contributed by atoms with Crippen molar-refractivity contribution in [3.05, 3.63) is 17.7 Å². The Labute approximate surface area is 128 Å². The molecule has 1 atom stereocenters. The molecule has 0 saturated heterocycles. The van der Waals surface area contributed by atoms with E-state index < -0.39 is 10.8 Å². The third-order valence-electron chi connectivity index (χ3n) is 2.84. The van der Waals surface area contributed by atoms with Crippen molar-refractivity contribution in [3.63, 3.8) is 0 Å². The number of rotatable bonds is 8. The van der Waals surface area contributed by atoms with Crippen LogP contribution in [0.3, 0.4) is 0 Å². The van der Waals surface area contributed by atoms with Crippen molar-refractivity contribution < 1.29 is 9.00 Å². The first-order valence-electron chi connectivity index (χ1n) is 7.23. The lowest BCUT2D eigenvalue weighted by Crippen LogP contribution is -2.30. The smallest absolute Gasteiger partial charge is 0.272 e. The Kier molecular flexibility index (Phi) is 7.28. The number of hydrogen-bond donors (Lipinski definition) is 2. The summed E-state index contributed by atoms with van der Waals surface area (Å²) < 4.78 is 11.4. The molecule has 1 heterocycles. The summed E-state index contributed by atoms with van der Waals surface area (Å²) >= 11 is 0. The fraction of sp³-hybridized carbons (Fsp3) is 0.643. The Hall–Kier alpha value is -1.50. The van der Waals surface area contributed by atoms with E-state index in [9.17, 15) is 9.00 Å². The van der Waals surface area contributed by atoms with Crippen LogP contribution in [0.2, 0.25) is 0 Å². The van der Waals surface area contributed by atoms with Crippen molar-refractivity contribution in [1.29, 1.82) is 0 Å². The van der Waals surface area contributed by atoms with Gasteiger partial charge in [-0.1, -0.05) is 20.8 Å². The summed E-state index contributed by atoms with van der Waals surface area (Å²) in [4.78, 5) is 20.9. The molecule has 1 aromatic rings. The molecule has 0 aliphatic heterocycles.